The Morgan fingerprint density at radius 3 is 2.63 bits per heavy atom. The number of benzene rings is 1. The highest BCUT2D eigenvalue weighted by Crippen LogP contribution is 2.62. The standard InChI is InChI=1S/C23H34N4O3/c1-4-26-15-19-22(8-9-23(19,16-26)20(28)24-2)10-12-27(13-11-22)21(29)25-17-6-5-7-18(14-17)30-3/h5-7,14,19H,4,8-13,15-16H2,1-3H3,(H,24,28)(H,25,29)/t19-,23+/m1/s1. The molecule has 30 heavy (non-hydrogen) atoms. The summed E-state index contributed by atoms with van der Waals surface area (Å²) in [5.74, 6) is 1.32. The Bertz CT molecular complexity index is 805. The van der Waals surface area contributed by atoms with E-state index in [1.807, 2.05) is 29.2 Å². The number of carbonyl (C=O) groups excluding carboxylic acids is 2. The normalized spacial score (nSPS) is 27.7. The first-order chi connectivity index (χ1) is 14.5. The Labute approximate surface area is 179 Å². The molecule has 2 aliphatic heterocycles. The number of ether oxygens (including phenoxy) is 1. The number of nitrogens with one attached hydrogen (secondary N) is 2. The highest BCUT2D eigenvalue weighted by atomic mass is 16.5. The minimum Gasteiger partial charge on any atom is -0.497 e. The maximum absolute atomic E-state index is 12.9. The first-order valence-corrected chi connectivity index (χ1v) is 11.1. The molecule has 7 nitrogen and oxygen atoms in total. The molecule has 1 spiro atoms. The van der Waals surface area contributed by atoms with Crippen LogP contribution in [0.25, 0.3) is 0 Å². The quantitative estimate of drug-likeness (QED) is 0.795. The monoisotopic (exact) mass is 414 g/mol. The summed E-state index contributed by atoms with van der Waals surface area (Å²) in [4.78, 5) is 30.1. The van der Waals surface area contributed by atoms with Gasteiger partial charge in [0, 0.05) is 45.0 Å². The van der Waals surface area contributed by atoms with E-state index in [9.17, 15) is 9.59 Å². The van der Waals surface area contributed by atoms with Crippen LogP contribution in [0.1, 0.15) is 32.6 Å². The summed E-state index contributed by atoms with van der Waals surface area (Å²) in [5, 5.41) is 5.95. The van der Waals surface area contributed by atoms with E-state index in [1.165, 1.54) is 0 Å². The van der Waals surface area contributed by atoms with Gasteiger partial charge in [0.2, 0.25) is 5.91 Å². The molecule has 2 N–H and O–H groups in total. The first kappa shape index (κ1) is 21.0. The lowest BCUT2D eigenvalue weighted by atomic mass is 9.65. The molecule has 0 bridgehead atoms. The van der Waals surface area contributed by atoms with E-state index in [1.54, 1.807) is 14.2 Å². The zero-order chi connectivity index (χ0) is 21.4. The number of nitrogens with zero attached hydrogens (tertiary/aromatic N) is 2. The molecule has 2 saturated heterocycles. The third-order valence-electron chi connectivity index (χ3n) is 7.92. The Morgan fingerprint density at radius 1 is 1.20 bits per heavy atom. The Kier molecular flexibility index (Phi) is 5.66. The Balaban J connectivity index is 1.43. The molecular formula is C23H34N4O3. The molecule has 0 radical (unpaired) electrons. The zero-order valence-electron chi connectivity index (χ0n) is 18.4. The molecule has 0 aromatic heterocycles. The summed E-state index contributed by atoms with van der Waals surface area (Å²) >= 11 is 0. The van der Waals surface area contributed by atoms with Crippen molar-refractivity contribution in [3.8, 4) is 5.75 Å². The Morgan fingerprint density at radius 2 is 1.97 bits per heavy atom. The molecule has 1 aromatic carbocycles. The van der Waals surface area contributed by atoms with E-state index in [0.717, 1.165) is 69.8 Å². The van der Waals surface area contributed by atoms with E-state index in [-0.39, 0.29) is 22.8 Å². The van der Waals surface area contributed by atoms with Crippen LogP contribution in [-0.2, 0) is 4.79 Å². The topological polar surface area (TPSA) is 73.9 Å². The van der Waals surface area contributed by atoms with Gasteiger partial charge in [-0.25, -0.2) is 4.79 Å². The second-order valence-corrected chi connectivity index (χ2v) is 9.13. The molecule has 0 unspecified atom stereocenters. The summed E-state index contributed by atoms with van der Waals surface area (Å²) in [6.07, 6.45) is 4.00. The van der Waals surface area contributed by atoms with E-state index in [0.29, 0.717) is 5.92 Å². The maximum atomic E-state index is 12.9. The smallest absolute Gasteiger partial charge is 0.321 e. The number of methoxy groups -OCH3 is 1. The largest absolute Gasteiger partial charge is 0.497 e. The van der Waals surface area contributed by atoms with Gasteiger partial charge in [-0.05, 0) is 55.7 Å². The fourth-order valence-electron chi connectivity index (χ4n) is 6.18. The number of amides is 3. The van der Waals surface area contributed by atoms with Gasteiger partial charge in [0.25, 0.3) is 0 Å². The number of hydrogen-bond donors (Lipinski definition) is 2. The number of piperidine rings is 1. The van der Waals surface area contributed by atoms with Crippen LogP contribution in [0.3, 0.4) is 0 Å². The lowest BCUT2D eigenvalue weighted by molar-refractivity contribution is -0.132. The van der Waals surface area contributed by atoms with Crippen molar-refractivity contribution >= 4 is 17.6 Å². The van der Waals surface area contributed by atoms with Crippen molar-refractivity contribution in [1.82, 2.24) is 15.1 Å². The molecule has 3 amide bonds. The van der Waals surface area contributed by atoms with Crippen molar-refractivity contribution in [1.29, 1.82) is 0 Å². The fraction of sp³-hybridized carbons (Fsp3) is 0.652. The molecule has 1 saturated carbocycles. The molecule has 3 aliphatic rings. The number of urea groups is 1. The molecule has 1 aliphatic carbocycles. The summed E-state index contributed by atoms with van der Waals surface area (Å²) in [7, 11) is 3.38. The maximum Gasteiger partial charge on any atom is 0.321 e. The third kappa shape index (κ3) is 3.43. The molecule has 3 fully saturated rings. The molecule has 7 heteroatoms. The van der Waals surface area contributed by atoms with Crippen molar-refractivity contribution in [2.45, 2.75) is 32.6 Å². The van der Waals surface area contributed by atoms with E-state index in [2.05, 4.69) is 22.5 Å². The molecule has 164 valence electrons. The third-order valence-corrected chi connectivity index (χ3v) is 7.92. The number of hydrogen-bond acceptors (Lipinski definition) is 4. The molecule has 4 rings (SSSR count). The van der Waals surface area contributed by atoms with Crippen molar-refractivity contribution in [2.24, 2.45) is 16.7 Å². The van der Waals surface area contributed by atoms with Crippen LogP contribution in [0.15, 0.2) is 24.3 Å². The van der Waals surface area contributed by atoms with Gasteiger partial charge < -0.3 is 25.2 Å². The summed E-state index contributed by atoms with van der Waals surface area (Å²) < 4.78 is 5.24. The zero-order valence-corrected chi connectivity index (χ0v) is 18.4. The van der Waals surface area contributed by atoms with Crippen LogP contribution >= 0.6 is 0 Å². The van der Waals surface area contributed by atoms with Gasteiger partial charge >= 0.3 is 6.03 Å². The second-order valence-electron chi connectivity index (χ2n) is 9.13. The first-order valence-electron chi connectivity index (χ1n) is 11.1. The summed E-state index contributed by atoms with van der Waals surface area (Å²) in [5.41, 5.74) is 0.660. The highest BCUT2D eigenvalue weighted by molar-refractivity contribution is 5.89. The minimum absolute atomic E-state index is 0.0599. The van der Waals surface area contributed by atoms with Gasteiger partial charge in [0.15, 0.2) is 0 Å². The van der Waals surface area contributed by atoms with Crippen LogP contribution in [0, 0.1) is 16.7 Å². The number of rotatable bonds is 4. The number of anilines is 1. The van der Waals surface area contributed by atoms with Gasteiger partial charge in [-0.3, -0.25) is 4.79 Å². The lowest BCUT2D eigenvalue weighted by Gasteiger charge is -2.44. The van der Waals surface area contributed by atoms with Crippen LogP contribution in [0.4, 0.5) is 10.5 Å². The number of likely N-dealkylation sites (tertiary alicyclic amines) is 2. The van der Waals surface area contributed by atoms with Crippen molar-refractivity contribution < 1.29 is 14.3 Å². The predicted octanol–water partition coefficient (Wildman–Crippen LogP) is 2.79. The summed E-state index contributed by atoms with van der Waals surface area (Å²) in [6.45, 7) is 6.51. The van der Waals surface area contributed by atoms with E-state index in [4.69, 9.17) is 4.74 Å². The SMILES string of the molecule is CCN1C[C@@H]2C3(CCN(C(=O)Nc4cccc(OC)c4)CC3)CC[C@]2(C(=O)NC)C1. The van der Waals surface area contributed by atoms with Crippen LogP contribution < -0.4 is 15.4 Å². The van der Waals surface area contributed by atoms with Crippen molar-refractivity contribution in [3.63, 3.8) is 0 Å². The average molecular weight is 415 g/mol. The van der Waals surface area contributed by atoms with Crippen molar-refractivity contribution in [2.75, 3.05) is 52.2 Å². The lowest BCUT2D eigenvalue weighted by Crippen LogP contribution is -2.50. The fourth-order valence-corrected chi connectivity index (χ4v) is 6.18. The number of fused-ring (bicyclic) bond motifs is 2. The second kappa shape index (κ2) is 8.10. The van der Waals surface area contributed by atoms with Crippen molar-refractivity contribution in [3.05, 3.63) is 24.3 Å². The molecular weight excluding hydrogens is 380 g/mol. The van der Waals surface area contributed by atoms with Gasteiger partial charge in [0.05, 0.1) is 12.5 Å². The molecule has 2 heterocycles. The summed E-state index contributed by atoms with van der Waals surface area (Å²) in [6, 6.07) is 7.38. The van der Waals surface area contributed by atoms with E-state index < -0.39 is 0 Å². The predicted molar refractivity (Wildman–Crippen MR) is 117 cm³/mol. The van der Waals surface area contributed by atoms with Gasteiger partial charge in [-0.2, -0.15) is 0 Å². The minimum atomic E-state index is -0.254. The van der Waals surface area contributed by atoms with Gasteiger partial charge in [0.1, 0.15) is 5.75 Å². The van der Waals surface area contributed by atoms with Crippen LogP contribution in [0.2, 0.25) is 0 Å². The highest BCUT2D eigenvalue weighted by Gasteiger charge is 2.63. The molecule has 2 atom stereocenters. The Hall–Kier alpha value is -2.28. The molecule has 1 aromatic rings. The average Bonchev–Trinajstić information content (AvgIpc) is 3.30. The number of carbonyl (C=O) groups is 2. The van der Waals surface area contributed by atoms with Gasteiger partial charge in [-0.1, -0.05) is 13.0 Å². The van der Waals surface area contributed by atoms with E-state index >= 15 is 0 Å². The van der Waals surface area contributed by atoms with Crippen LogP contribution in [-0.4, -0.2) is 68.6 Å². The van der Waals surface area contributed by atoms with Gasteiger partial charge in [-0.15, -0.1) is 0 Å². The van der Waals surface area contributed by atoms with Crippen LogP contribution in [0.5, 0.6) is 5.75 Å².